The van der Waals surface area contributed by atoms with Gasteiger partial charge in [0.15, 0.2) is 0 Å². The quantitative estimate of drug-likeness (QED) is 0.790. The Morgan fingerprint density at radius 3 is 2.25 bits per heavy atom. The molecule has 2 rings (SSSR count). The van der Waals surface area contributed by atoms with Crippen LogP contribution in [0.1, 0.15) is 37.6 Å². The van der Waals surface area contributed by atoms with Crippen LogP contribution >= 0.6 is 0 Å². The fourth-order valence-electron chi connectivity index (χ4n) is 3.00. The Morgan fingerprint density at radius 1 is 1.14 bits per heavy atom. The second-order valence-electron chi connectivity index (χ2n) is 8.02. The van der Waals surface area contributed by atoms with Crippen LogP contribution in [0.5, 0.6) is 0 Å². The highest BCUT2D eigenvalue weighted by atomic mass is 16.6. The van der Waals surface area contributed by atoms with Gasteiger partial charge in [0.2, 0.25) is 0 Å². The molecule has 1 N–H and O–H groups in total. The van der Waals surface area contributed by atoms with E-state index in [9.17, 15) is 14.4 Å². The van der Waals surface area contributed by atoms with E-state index in [1.165, 1.54) is 12.0 Å². The molecule has 8 heteroatoms. The standard InChI is InChI=1S/C20H29N3O5/c1-20(2,3)28-19(26)23-12-14(11-16(23)18(25)27-6)21-17(24)13-7-9-15(10-8-13)22(4)5/h7-10,14,16H,11-12H2,1-6H3,(H,21,24)/t14-,16-/m0/s1. The molecule has 0 aliphatic carbocycles. The van der Waals surface area contributed by atoms with Crippen molar-refractivity contribution in [1.82, 2.24) is 10.2 Å². The van der Waals surface area contributed by atoms with Gasteiger partial charge in [-0.05, 0) is 45.0 Å². The van der Waals surface area contributed by atoms with Gasteiger partial charge in [0.1, 0.15) is 11.6 Å². The van der Waals surface area contributed by atoms with Gasteiger partial charge < -0.3 is 19.7 Å². The summed E-state index contributed by atoms with van der Waals surface area (Å²) in [5.41, 5.74) is 0.808. The Hall–Kier alpha value is -2.77. The molecule has 8 nitrogen and oxygen atoms in total. The van der Waals surface area contributed by atoms with E-state index in [0.29, 0.717) is 5.56 Å². The summed E-state index contributed by atoms with van der Waals surface area (Å²) in [6.07, 6.45) is -0.331. The molecule has 1 saturated heterocycles. The van der Waals surface area contributed by atoms with Crippen molar-refractivity contribution in [2.45, 2.75) is 44.9 Å². The summed E-state index contributed by atoms with van der Waals surface area (Å²) < 4.78 is 10.2. The van der Waals surface area contributed by atoms with Gasteiger partial charge in [0.25, 0.3) is 5.91 Å². The number of hydrogen-bond donors (Lipinski definition) is 1. The largest absolute Gasteiger partial charge is 0.467 e. The lowest BCUT2D eigenvalue weighted by Gasteiger charge is -2.27. The summed E-state index contributed by atoms with van der Waals surface area (Å²) in [5, 5.41) is 2.89. The Balaban J connectivity index is 2.08. The second kappa shape index (κ2) is 8.50. The molecule has 0 aromatic heterocycles. The third-order valence-electron chi connectivity index (χ3n) is 4.38. The first-order chi connectivity index (χ1) is 13.0. The van der Waals surface area contributed by atoms with E-state index in [-0.39, 0.29) is 24.9 Å². The maximum Gasteiger partial charge on any atom is 0.411 e. The van der Waals surface area contributed by atoms with E-state index in [0.717, 1.165) is 5.69 Å². The van der Waals surface area contributed by atoms with Crippen molar-refractivity contribution in [3.05, 3.63) is 29.8 Å². The van der Waals surface area contributed by atoms with Crippen LogP contribution in [0.3, 0.4) is 0 Å². The van der Waals surface area contributed by atoms with Gasteiger partial charge >= 0.3 is 12.1 Å². The van der Waals surface area contributed by atoms with E-state index in [4.69, 9.17) is 9.47 Å². The molecule has 154 valence electrons. The predicted molar refractivity (Wildman–Crippen MR) is 105 cm³/mol. The van der Waals surface area contributed by atoms with Crippen molar-refractivity contribution in [3.63, 3.8) is 0 Å². The van der Waals surface area contributed by atoms with Gasteiger partial charge in [-0.15, -0.1) is 0 Å². The molecule has 1 aliphatic rings. The molecule has 0 unspecified atom stereocenters. The van der Waals surface area contributed by atoms with Crippen LogP contribution in [0.25, 0.3) is 0 Å². The maximum absolute atomic E-state index is 12.6. The Bertz CT molecular complexity index is 724. The average molecular weight is 391 g/mol. The third-order valence-corrected chi connectivity index (χ3v) is 4.38. The van der Waals surface area contributed by atoms with E-state index >= 15 is 0 Å². The van der Waals surface area contributed by atoms with Crippen LogP contribution < -0.4 is 10.2 Å². The lowest BCUT2D eigenvalue weighted by Crippen LogP contribution is -2.44. The van der Waals surface area contributed by atoms with Crippen LogP contribution in [0, 0.1) is 0 Å². The summed E-state index contributed by atoms with van der Waals surface area (Å²) in [5.74, 6) is -0.789. The van der Waals surface area contributed by atoms with Crippen LogP contribution in [-0.2, 0) is 14.3 Å². The Kier molecular flexibility index (Phi) is 6.53. The predicted octanol–water partition coefficient (Wildman–Crippen LogP) is 2.03. The van der Waals surface area contributed by atoms with Gasteiger partial charge in [-0.1, -0.05) is 0 Å². The van der Waals surface area contributed by atoms with Gasteiger partial charge in [-0.2, -0.15) is 0 Å². The SMILES string of the molecule is COC(=O)[C@@H]1C[C@H](NC(=O)c2ccc(N(C)C)cc2)CN1C(=O)OC(C)(C)C. The molecule has 28 heavy (non-hydrogen) atoms. The number of nitrogens with zero attached hydrogens (tertiary/aromatic N) is 2. The number of esters is 1. The molecule has 2 amide bonds. The highest BCUT2D eigenvalue weighted by molar-refractivity contribution is 5.95. The Labute approximate surface area is 165 Å². The van der Waals surface area contributed by atoms with Crippen molar-refractivity contribution in [3.8, 4) is 0 Å². The normalized spacial score (nSPS) is 19.1. The first-order valence-electron chi connectivity index (χ1n) is 9.17. The number of anilines is 1. The molecule has 1 heterocycles. The van der Waals surface area contributed by atoms with E-state index in [1.807, 2.05) is 31.1 Å². The third kappa shape index (κ3) is 5.37. The second-order valence-corrected chi connectivity index (χ2v) is 8.02. The number of carbonyl (C=O) groups is 3. The minimum Gasteiger partial charge on any atom is -0.467 e. The molecular weight excluding hydrogens is 362 g/mol. The van der Waals surface area contributed by atoms with Crippen molar-refractivity contribution >= 4 is 23.7 Å². The molecule has 0 bridgehead atoms. The summed E-state index contributed by atoms with van der Waals surface area (Å²) >= 11 is 0. The highest BCUT2D eigenvalue weighted by Crippen LogP contribution is 2.23. The van der Waals surface area contributed by atoms with Crippen molar-refractivity contribution < 1.29 is 23.9 Å². The number of likely N-dealkylation sites (tertiary alicyclic amines) is 1. The Morgan fingerprint density at radius 2 is 1.75 bits per heavy atom. The molecule has 2 atom stereocenters. The van der Waals surface area contributed by atoms with Gasteiger partial charge in [-0.3, -0.25) is 9.69 Å². The van der Waals surface area contributed by atoms with Crippen LogP contribution in [0.15, 0.2) is 24.3 Å². The molecule has 1 aromatic carbocycles. The number of nitrogens with one attached hydrogen (secondary N) is 1. The lowest BCUT2D eigenvalue weighted by molar-refractivity contribution is -0.145. The van der Waals surface area contributed by atoms with Gasteiger partial charge in [0, 0.05) is 44.4 Å². The molecule has 1 fully saturated rings. The first-order valence-corrected chi connectivity index (χ1v) is 9.17. The maximum atomic E-state index is 12.6. The average Bonchev–Trinajstić information content (AvgIpc) is 3.03. The number of rotatable bonds is 4. The van der Waals surface area contributed by atoms with Crippen molar-refractivity contribution in [2.24, 2.45) is 0 Å². The van der Waals surface area contributed by atoms with Crippen LogP contribution in [-0.4, -0.2) is 68.3 Å². The number of benzene rings is 1. The molecule has 0 spiro atoms. The number of ether oxygens (including phenoxy) is 2. The van der Waals surface area contributed by atoms with Crippen molar-refractivity contribution in [1.29, 1.82) is 0 Å². The minimum atomic E-state index is -0.790. The van der Waals surface area contributed by atoms with E-state index in [1.54, 1.807) is 32.9 Å². The van der Waals surface area contributed by atoms with E-state index < -0.39 is 23.7 Å². The summed E-state index contributed by atoms with van der Waals surface area (Å²) in [7, 11) is 5.12. The lowest BCUT2D eigenvalue weighted by atomic mass is 10.1. The minimum absolute atomic E-state index is 0.177. The number of carbonyl (C=O) groups excluding carboxylic acids is 3. The smallest absolute Gasteiger partial charge is 0.411 e. The number of methoxy groups -OCH3 is 1. The van der Waals surface area contributed by atoms with Gasteiger partial charge in [0.05, 0.1) is 7.11 Å². The number of amides is 2. The van der Waals surface area contributed by atoms with Gasteiger partial charge in [-0.25, -0.2) is 9.59 Å². The van der Waals surface area contributed by atoms with Crippen LogP contribution in [0.2, 0.25) is 0 Å². The molecule has 1 aliphatic heterocycles. The molecule has 0 radical (unpaired) electrons. The summed E-state index contributed by atoms with van der Waals surface area (Å²) in [4.78, 5) is 40.4. The zero-order chi connectivity index (χ0) is 21.1. The topological polar surface area (TPSA) is 88.2 Å². The molecular formula is C20H29N3O5. The molecule has 0 saturated carbocycles. The fourth-order valence-corrected chi connectivity index (χ4v) is 3.00. The first kappa shape index (κ1) is 21.5. The summed E-state index contributed by atoms with van der Waals surface area (Å²) in [6.45, 7) is 5.44. The zero-order valence-electron chi connectivity index (χ0n) is 17.3. The van der Waals surface area contributed by atoms with Crippen LogP contribution in [0.4, 0.5) is 10.5 Å². The zero-order valence-corrected chi connectivity index (χ0v) is 17.3. The monoisotopic (exact) mass is 391 g/mol. The highest BCUT2D eigenvalue weighted by Gasteiger charge is 2.42. The molecule has 1 aromatic rings. The summed E-state index contributed by atoms with van der Waals surface area (Å²) in [6, 6.07) is 6.02. The van der Waals surface area contributed by atoms with E-state index in [2.05, 4.69) is 5.32 Å². The van der Waals surface area contributed by atoms with Crippen molar-refractivity contribution in [2.75, 3.05) is 32.6 Å². The number of hydrogen-bond acceptors (Lipinski definition) is 6. The fraction of sp³-hybridized carbons (Fsp3) is 0.550.